The summed E-state index contributed by atoms with van der Waals surface area (Å²) < 4.78 is 11.0. The molecule has 15 amide bonds. The maximum absolute atomic E-state index is 15.3. The lowest BCUT2D eigenvalue weighted by molar-refractivity contribution is -0.148. The van der Waals surface area contributed by atoms with E-state index in [0.29, 0.717) is 47.1 Å². The van der Waals surface area contributed by atoms with Crippen molar-refractivity contribution in [2.45, 2.75) is 304 Å². The largest absolute Gasteiger partial charge is 0.481 e. The number of aliphatic carboxylic acids is 4. The maximum atomic E-state index is 15.3. The minimum atomic E-state index is -1.76. The molecule has 2 fully saturated rings. The minimum Gasteiger partial charge on any atom is -0.481 e. The lowest BCUT2D eigenvalue weighted by Gasteiger charge is -2.33. The van der Waals surface area contributed by atoms with Gasteiger partial charge in [0, 0.05) is 113 Å². The number of likely N-dealkylation sites (tertiary alicyclic amines) is 2. The highest BCUT2D eigenvalue weighted by Gasteiger charge is 2.46. The molecule has 832 valence electrons. The molecule has 0 bridgehead atoms. The van der Waals surface area contributed by atoms with Crippen LogP contribution in [0.2, 0.25) is 0 Å². The number of amides is 15. The summed E-state index contributed by atoms with van der Waals surface area (Å²) in [5.41, 5.74) is 19.5. The van der Waals surface area contributed by atoms with E-state index in [1.807, 2.05) is 0 Å². The number of fused-ring (bicyclic) bond motifs is 1. The second-order valence-electron chi connectivity index (χ2n) is 37.5. The Bertz CT molecular complexity index is 4970. The summed E-state index contributed by atoms with van der Waals surface area (Å²) in [5, 5.41) is 81.1. The molecule has 2 saturated heterocycles. The van der Waals surface area contributed by atoms with Crippen LogP contribution in [0.3, 0.4) is 0 Å². The first kappa shape index (κ1) is 126. The number of para-hydroxylation sites is 1. The summed E-state index contributed by atoms with van der Waals surface area (Å²) in [6, 6.07) is -1.56. The van der Waals surface area contributed by atoms with Gasteiger partial charge in [-0.25, -0.2) is 4.98 Å². The number of unbranched alkanes of at least 4 members (excludes halogenated alkanes) is 14. The first-order valence-corrected chi connectivity index (χ1v) is 53.0. The molecule has 6 rings (SSSR count). The van der Waals surface area contributed by atoms with Crippen molar-refractivity contribution in [2.24, 2.45) is 17.2 Å². The molecule has 50 heteroatoms. The van der Waals surface area contributed by atoms with Crippen molar-refractivity contribution in [3.8, 4) is 0 Å². The Morgan fingerprint density at radius 1 is 0.460 bits per heavy atom. The summed E-state index contributed by atoms with van der Waals surface area (Å²) in [6.45, 7) is 0.485. The number of ether oxygens (including phenoxy) is 2. The Morgan fingerprint density at radius 2 is 0.940 bits per heavy atom. The van der Waals surface area contributed by atoms with Crippen molar-refractivity contribution in [3.05, 3.63) is 90.1 Å². The van der Waals surface area contributed by atoms with E-state index < -0.39 is 211 Å². The van der Waals surface area contributed by atoms with Crippen molar-refractivity contribution >= 4 is 155 Å². The van der Waals surface area contributed by atoms with Crippen LogP contribution >= 0.6 is 25.3 Å². The van der Waals surface area contributed by atoms with Crippen molar-refractivity contribution in [1.82, 2.24) is 98.8 Å². The van der Waals surface area contributed by atoms with Crippen molar-refractivity contribution in [3.63, 3.8) is 0 Å². The molecular weight excluding hydrogens is 1990 g/mol. The molecule has 0 saturated carbocycles. The molecule has 0 radical (unpaired) electrons. The number of rotatable bonds is 79. The molecule has 4 aromatic rings. The van der Waals surface area contributed by atoms with Crippen LogP contribution in [0.15, 0.2) is 73.3 Å². The number of aromatic amines is 2. The van der Waals surface area contributed by atoms with Crippen LogP contribution in [0.5, 0.6) is 0 Å². The van der Waals surface area contributed by atoms with E-state index in [1.54, 1.807) is 60.8 Å². The zero-order chi connectivity index (χ0) is 110. The number of imidazole rings is 1. The quantitative estimate of drug-likeness (QED) is 0.0123. The van der Waals surface area contributed by atoms with Gasteiger partial charge in [-0.05, 0) is 158 Å². The molecule has 0 spiro atoms. The van der Waals surface area contributed by atoms with Crippen molar-refractivity contribution < 1.29 is 121 Å². The van der Waals surface area contributed by atoms with Crippen LogP contribution in [0.4, 0.5) is 0 Å². The molecule has 4 heterocycles. The van der Waals surface area contributed by atoms with Gasteiger partial charge in [0.1, 0.15) is 79.1 Å². The fourth-order valence-electron chi connectivity index (χ4n) is 17.6. The number of carbonyl (C=O) groups is 19. The predicted octanol–water partition coefficient (Wildman–Crippen LogP) is 0.384. The average molecular weight is 2140 g/mol. The van der Waals surface area contributed by atoms with E-state index in [2.05, 4.69) is 109 Å². The van der Waals surface area contributed by atoms with Crippen LogP contribution in [0.1, 0.15) is 229 Å². The van der Waals surface area contributed by atoms with Crippen LogP contribution in [0.25, 0.3) is 10.9 Å². The summed E-state index contributed by atoms with van der Waals surface area (Å²) in [6.07, 6.45) is 16.9. The zero-order valence-corrected chi connectivity index (χ0v) is 87.3. The first-order valence-electron chi connectivity index (χ1n) is 51.7. The van der Waals surface area contributed by atoms with Crippen LogP contribution in [0, 0.1) is 5.41 Å². The number of thiol groups is 2. The molecule has 2 aliphatic heterocycles. The number of carboxylic acids is 4. The van der Waals surface area contributed by atoms with Gasteiger partial charge in [-0.15, -0.1) is 0 Å². The smallest absolute Gasteiger partial charge is 0.317 e. The lowest BCUT2D eigenvalue weighted by Crippen LogP contribution is -2.61. The number of carboxylic acid groups (broad SMARTS) is 4. The van der Waals surface area contributed by atoms with Gasteiger partial charge in [0.2, 0.25) is 88.6 Å². The zero-order valence-electron chi connectivity index (χ0n) is 85.5. The van der Waals surface area contributed by atoms with Gasteiger partial charge in [0.15, 0.2) is 5.96 Å². The number of aromatic nitrogens is 3. The fraction of sp³-hybridized carbons (Fsp3) is 0.630. The third-order valence-electron chi connectivity index (χ3n) is 25.5. The summed E-state index contributed by atoms with van der Waals surface area (Å²) in [7, 11) is 0. The average Bonchev–Trinajstić information content (AvgIpc) is 1.65. The second kappa shape index (κ2) is 70.8. The molecular formula is C100H155N23O25S2. The van der Waals surface area contributed by atoms with E-state index in [4.69, 9.17) is 37.2 Å². The predicted molar refractivity (Wildman–Crippen MR) is 559 cm³/mol. The molecule has 0 aliphatic carbocycles. The molecule has 150 heavy (non-hydrogen) atoms. The number of hydrogen-bond donors (Lipinski definition) is 25. The number of primary amides is 1. The van der Waals surface area contributed by atoms with E-state index >= 15 is 24.0 Å². The highest BCUT2D eigenvalue weighted by atomic mass is 32.1. The number of nitrogens with two attached hydrogens (primary N) is 3. The Kier molecular flexibility index (Phi) is 59.3. The van der Waals surface area contributed by atoms with Crippen molar-refractivity contribution in [1.29, 1.82) is 5.41 Å². The Hall–Kier alpha value is -13.1. The van der Waals surface area contributed by atoms with E-state index in [1.165, 1.54) is 42.1 Å². The number of hydrogen-bond acceptors (Lipinski definition) is 27. The second-order valence-corrected chi connectivity index (χ2v) is 38.3. The fourth-order valence-corrected chi connectivity index (χ4v) is 18.1. The van der Waals surface area contributed by atoms with Crippen LogP contribution in [-0.4, -0.2) is 338 Å². The molecule has 48 nitrogen and oxygen atoms in total. The minimum absolute atomic E-state index is 0.00241. The summed E-state index contributed by atoms with van der Waals surface area (Å²) in [5.74, 6) is -17.1. The third-order valence-corrected chi connectivity index (χ3v) is 26.1. The maximum Gasteiger partial charge on any atom is 0.317 e. The Labute approximate surface area is 883 Å². The molecule has 2 aromatic carbocycles. The number of guanidine groups is 1. The molecule has 12 atom stereocenters. The number of benzene rings is 2. The third kappa shape index (κ3) is 48.7. The van der Waals surface area contributed by atoms with Gasteiger partial charge in [0.25, 0.3) is 0 Å². The van der Waals surface area contributed by atoms with Gasteiger partial charge in [-0.1, -0.05) is 113 Å². The summed E-state index contributed by atoms with van der Waals surface area (Å²) >= 11 is 8.78. The molecule has 26 N–H and O–H groups in total. The molecule has 12 unspecified atom stereocenters. The van der Waals surface area contributed by atoms with Gasteiger partial charge >= 0.3 is 23.9 Å². The standard InChI is InChI=1S/C100H155N23O25S2/c1-64(124)111-75(42-53-149)93(140)119-78(56-67-58-105-63-110-67)96(143)117-76(54-65-28-13-12-14-29-65)94(141)114-73(35-25-45-108-100(103)104)91(138)118-77(55-66-57-109-69-31-18-17-30-68(66)69)95(142)120-79(62-150)98(145)123-49-27-37-81(123)99(146)122-48-26-36-80(122)97(144)116-72(33-19-22-43-101)90(137)115-74(40-41-85(129)130)92(139)113-71(34-21-24-47-121(59-86(131)132)60-87(133)134)89(136)112-70(88(102)135)32-20-23-44-106-83(126)61-148-52-51-147-50-46-107-82(125)38-15-10-8-6-4-2-3-5-7-9-11-16-39-84(127)128/h12-14,17-18,28-31,57-58,63,70-81,109,149-150H,2-11,15-16,19-27,32-56,59-62,101H2,1H3,(H2,102,135)(H,105,110)(H,106,126)(H,107,125)(H,111,124)(H,112,136)(H,113,139)(H,114,141)(H,115,137)(H,116,144)(H,117,143)(H,118,138)(H,119,140)(H,120,142)(H,127,128)(H,129,130)(H,131,132)(H,133,134)(H4,103,104,108). The Morgan fingerprint density at radius 3 is 1.50 bits per heavy atom. The SMILES string of the molecule is CC(=O)NC(CCS)C(=O)NC(Cc1cnc[nH]1)C(=O)NC(Cc1ccccc1)C(=O)NC(CCCNC(=N)N)C(=O)NC(Cc1c[nH]c2ccccc12)C(=O)NC(CS)C(=O)N1CCCC1C(=O)N1CCCC1C(=O)NC(CCCCN)C(=O)NC(CCC(=O)O)C(=O)NC(CCCCN(CC(=O)O)CC(=O)O)C(=O)NC(CCCCNC(=O)COCCOCCNC(=O)CCCCCCCCCCCCCCC(=O)O)C(N)=O. The monoisotopic (exact) mass is 2140 g/mol. The van der Waals surface area contributed by atoms with Crippen molar-refractivity contribution in [2.75, 3.05) is 96.8 Å². The number of H-pyrrole nitrogens is 2. The van der Waals surface area contributed by atoms with Crippen LogP contribution in [-0.2, 0) is 120 Å². The summed E-state index contributed by atoms with van der Waals surface area (Å²) in [4.78, 5) is 273. The van der Waals surface area contributed by atoms with E-state index in [-0.39, 0.29) is 205 Å². The normalized spacial score (nSPS) is 15.3. The highest BCUT2D eigenvalue weighted by Crippen LogP contribution is 2.28. The molecule has 2 aliphatic rings. The lowest BCUT2D eigenvalue weighted by atomic mass is 10.0. The number of nitrogens with zero attached hydrogens (tertiary/aromatic N) is 4. The number of carbonyl (C=O) groups excluding carboxylic acids is 15. The first-order chi connectivity index (χ1) is 72.0. The number of nitrogens with one attached hydrogen (secondary N) is 16. The van der Waals surface area contributed by atoms with Gasteiger partial charge < -0.3 is 136 Å². The van der Waals surface area contributed by atoms with Gasteiger partial charge in [0.05, 0.1) is 39.2 Å². The van der Waals surface area contributed by atoms with E-state index in [9.17, 15) is 82.4 Å². The Balaban J connectivity index is 1.11. The van der Waals surface area contributed by atoms with Gasteiger partial charge in [-0.2, -0.15) is 25.3 Å². The van der Waals surface area contributed by atoms with Gasteiger partial charge in [-0.3, -0.25) is 101 Å². The van der Waals surface area contributed by atoms with E-state index in [0.717, 1.165) is 69.1 Å². The van der Waals surface area contributed by atoms with Crippen LogP contribution < -0.4 is 86.3 Å². The highest BCUT2D eigenvalue weighted by molar-refractivity contribution is 7.80. The topological polar surface area (TPSA) is 736 Å². The molecule has 2 aromatic heterocycles.